The van der Waals surface area contributed by atoms with E-state index < -0.39 is 23.9 Å². The maximum atomic E-state index is 14.6. The van der Waals surface area contributed by atoms with E-state index in [4.69, 9.17) is 0 Å². The van der Waals surface area contributed by atoms with Crippen LogP contribution in [0.5, 0.6) is 5.75 Å². The van der Waals surface area contributed by atoms with E-state index in [2.05, 4.69) is 20.0 Å². The SMILES string of the molecule is CC(C)(C)CC(=O)Nc1nc2c(nc1F)N(Cc1ccc(OC(F)(F)F)cc1F)CCC2. The molecule has 1 aromatic heterocycles. The highest BCUT2D eigenvalue weighted by molar-refractivity contribution is 5.90. The van der Waals surface area contributed by atoms with Gasteiger partial charge in [-0.3, -0.25) is 4.79 Å². The number of amides is 1. The average molecular weight is 458 g/mol. The van der Waals surface area contributed by atoms with Crippen LogP contribution in [-0.4, -0.2) is 28.8 Å². The van der Waals surface area contributed by atoms with Crippen LogP contribution in [0.25, 0.3) is 0 Å². The molecule has 1 aliphatic heterocycles. The molecule has 0 bridgehead atoms. The molecule has 0 spiro atoms. The highest BCUT2D eigenvalue weighted by Gasteiger charge is 2.31. The van der Waals surface area contributed by atoms with E-state index in [9.17, 15) is 26.7 Å². The van der Waals surface area contributed by atoms with Crippen LogP contribution >= 0.6 is 0 Å². The van der Waals surface area contributed by atoms with Crippen molar-refractivity contribution in [2.24, 2.45) is 5.41 Å². The molecule has 174 valence electrons. The van der Waals surface area contributed by atoms with Gasteiger partial charge in [-0.2, -0.15) is 9.37 Å². The minimum absolute atomic E-state index is 0.0466. The number of hydrogen-bond donors (Lipinski definition) is 1. The molecule has 0 unspecified atom stereocenters. The number of ether oxygens (including phenoxy) is 1. The maximum Gasteiger partial charge on any atom is 0.573 e. The molecule has 0 fully saturated rings. The quantitative estimate of drug-likeness (QED) is 0.640. The summed E-state index contributed by atoms with van der Waals surface area (Å²) in [5.41, 5.74) is 0.252. The maximum absolute atomic E-state index is 14.6. The highest BCUT2D eigenvalue weighted by atomic mass is 19.4. The summed E-state index contributed by atoms with van der Waals surface area (Å²) in [4.78, 5) is 21.8. The van der Waals surface area contributed by atoms with E-state index in [1.165, 1.54) is 6.07 Å². The summed E-state index contributed by atoms with van der Waals surface area (Å²) in [5, 5.41) is 2.44. The second kappa shape index (κ2) is 8.87. The zero-order valence-electron chi connectivity index (χ0n) is 17.8. The van der Waals surface area contributed by atoms with Gasteiger partial charge in [0.15, 0.2) is 11.6 Å². The van der Waals surface area contributed by atoms with Crippen LogP contribution in [0, 0.1) is 17.2 Å². The molecule has 0 saturated heterocycles. The Hall–Kier alpha value is -2.98. The third-order valence-corrected chi connectivity index (χ3v) is 4.61. The molecule has 0 radical (unpaired) electrons. The Balaban J connectivity index is 1.78. The van der Waals surface area contributed by atoms with Crippen molar-refractivity contribution in [1.82, 2.24) is 9.97 Å². The Labute approximate surface area is 181 Å². The summed E-state index contributed by atoms with van der Waals surface area (Å²) in [6.45, 7) is 6.01. The smallest absolute Gasteiger partial charge is 0.406 e. The van der Waals surface area contributed by atoms with Crippen LogP contribution in [-0.2, 0) is 17.8 Å². The molecule has 1 aromatic carbocycles. The number of halogens is 5. The predicted octanol–water partition coefficient (Wildman–Crippen LogP) is 4.98. The number of aromatic nitrogens is 2. The van der Waals surface area contributed by atoms with Crippen molar-refractivity contribution in [3.05, 3.63) is 41.2 Å². The third-order valence-electron chi connectivity index (χ3n) is 4.61. The topological polar surface area (TPSA) is 67.4 Å². The molecule has 0 aliphatic carbocycles. The van der Waals surface area contributed by atoms with Crippen molar-refractivity contribution in [1.29, 1.82) is 0 Å². The van der Waals surface area contributed by atoms with Crippen molar-refractivity contribution < 1.29 is 31.5 Å². The minimum atomic E-state index is -4.92. The molecule has 0 saturated carbocycles. The van der Waals surface area contributed by atoms with Gasteiger partial charge in [0.1, 0.15) is 11.6 Å². The van der Waals surface area contributed by atoms with E-state index in [0.717, 1.165) is 6.07 Å². The fourth-order valence-corrected chi connectivity index (χ4v) is 3.36. The van der Waals surface area contributed by atoms with Crippen LogP contribution in [0.1, 0.15) is 44.9 Å². The average Bonchev–Trinajstić information content (AvgIpc) is 2.62. The number of aryl methyl sites for hydroxylation is 1. The number of rotatable bonds is 5. The predicted molar refractivity (Wildman–Crippen MR) is 107 cm³/mol. The number of nitrogens with one attached hydrogen (secondary N) is 1. The van der Waals surface area contributed by atoms with Crippen LogP contribution in [0.3, 0.4) is 0 Å². The lowest BCUT2D eigenvalue weighted by Gasteiger charge is -2.30. The Morgan fingerprint density at radius 2 is 1.91 bits per heavy atom. The summed E-state index contributed by atoms with van der Waals surface area (Å²) in [6.07, 6.45) is -3.64. The normalized spacial score (nSPS) is 14.2. The van der Waals surface area contributed by atoms with Crippen molar-refractivity contribution in [3.8, 4) is 5.75 Å². The number of carbonyl (C=O) groups excluding carboxylic acids is 1. The first kappa shape index (κ1) is 23.7. The van der Waals surface area contributed by atoms with Gasteiger partial charge in [-0.05, 0) is 24.3 Å². The summed E-state index contributed by atoms with van der Waals surface area (Å²) in [7, 11) is 0. The second-order valence-corrected chi connectivity index (χ2v) is 8.75. The van der Waals surface area contributed by atoms with E-state index in [1.54, 1.807) is 4.90 Å². The fourth-order valence-electron chi connectivity index (χ4n) is 3.36. The minimum Gasteiger partial charge on any atom is -0.406 e. The van der Waals surface area contributed by atoms with Gasteiger partial charge in [0.05, 0.1) is 5.69 Å². The van der Waals surface area contributed by atoms with Crippen LogP contribution in [0.2, 0.25) is 0 Å². The molecule has 32 heavy (non-hydrogen) atoms. The van der Waals surface area contributed by atoms with Gasteiger partial charge in [-0.1, -0.05) is 26.8 Å². The van der Waals surface area contributed by atoms with E-state index in [-0.39, 0.29) is 41.5 Å². The molecule has 11 heteroatoms. The second-order valence-electron chi connectivity index (χ2n) is 8.75. The number of carbonyl (C=O) groups is 1. The molecule has 3 rings (SSSR count). The first-order valence-electron chi connectivity index (χ1n) is 9.96. The zero-order valence-corrected chi connectivity index (χ0v) is 17.8. The number of fused-ring (bicyclic) bond motifs is 1. The molecule has 1 aliphatic rings. The lowest BCUT2D eigenvalue weighted by atomic mass is 9.92. The van der Waals surface area contributed by atoms with Gasteiger partial charge < -0.3 is 15.0 Å². The molecular formula is C21H23F5N4O2. The monoisotopic (exact) mass is 458 g/mol. The first-order valence-corrected chi connectivity index (χ1v) is 9.96. The highest BCUT2D eigenvalue weighted by Crippen LogP contribution is 2.30. The lowest BCUT2D eigenvalue weighted by molar-refractivity contribution is -0.274. The molecule has 2 heterocycles. The van der Waals surface area contributed by atoms with Crippen molar-refractivity contribution in [2.75, 3.05) is 16.8 Å². The van der Waals surface area contributed by atoms with Gasteiger partial charge in [0.2, 0.25) is 5.91 Å². The summed E-state index contributed by atoms with van der Waals surface area (Å²) < 4.78 is 69.6. The van der Waals surface area contributed by atoms with Crippen molar-refractivity contribution in [3.63, 3.8) is 0 Å². The Morgan fingerprint density at radius 3 is 2.53 bits per heavy atom. The molecule has 2 aromatic rings. The first-order chi connectivity index (χ1) is 14.8. The fraction of sp³-hybridized carbons (Fsp3) is 0.476. The number of alkyl halides is 3. The van der Waals surface area contributed by atoms with Gasteiger partial charge in [-0.25, -0.2) is 9.37 Å². The largest absolute Gasteiger partial charge is 0.573 e. The molecule has 1 N–H and O–H groups in total. The standard InChI is InChI=1S/C21H23F5N4O2/c1-20(2,3)10-16(31)28-18-17(23)29-19-15(27-18)5-4-8-30(19)11-12-6-7-13(9-14(12)22)32-21(24,25)26/h6-7,9H,4-5,8,10-11H2,1-3H3,(H,27,28,31). The Bertz CT molecular complexity index is 1000. The molecule has 0 atom stereocenters. The van der Waals surface area contributed by atoms with Crippen molar-refractivity contribution in [2.45, 2.75) is 52.9 Å². The molecule has 1 amide bonds. The van der Waals surface area contributed by atoms with Gasteiger partial charge in [-0.15, -0.1) is 13.2 Å². The Morgan fingerprint density at radius 1 is 1.19 bits per heavy atom. The third kappa shape index (κ3) is 6.27. The number of hydrogen-bond acceptors (Lipinski definition) is 5. The Kier molecular flexibility index (Phi) is 6.56. The van der Waals surface area contributed by atoms with Gasteiger partial charge in [0, 0.05) is 31.1 Å². The van der Waals surface area contributed by atoms with Crippen molar-refractivity contribution >= 4 is 17.5 Å². The van der Waals surface area contributed by atoms with Gasteiger partial charge in [0.25, 0.3) is 5.95 Å². The summed E-state index contributed by atoms with van der Waals surface area (Å²) in [5.74, 6) is -2.97. The summed E-state index contributed by atoms with van der Waals surface area (Å²) in [6, 6.07) is 2.83. The van der Waals surface area contributed by atoms with E-state index in [1.807, 2.05) is 20.8 Å². The van der Waals surface area contributed by atoms with E-state index in [0.29, 0.717) is 31.1 Å². The number of anilines is 2. The van der Waals surface area contributed by atoms with Crippen LogP contribution in [0.4, 0.5) is 33.6 Å². The van der Waals surface area contributed by atoms with Crippen LogP contribution < -0.4 is 15.0 Å². The molecule has 6 nitrogen and oxygen atoms in total. The zero-order chi connectivity index (χ0) is 23.7. The summed E-state index contributed by atoms with van der Waals surface area (Å²) >= 11 is 0. The lowest BCUT2D eigenvalue weighted by Crippen LogP contribution is -2.32. The van der Waals surface area contributed by atoms with E-state index >= 15 is 0 Å². The van der Waals surface area contributed by atoms with Crippen LogP contribution in [0.15, 0.2) is 18.2 Å². The number of benzene rings is 1. The number of nitrogens with zero attached hydrogens (tertiary/aromatic N) is 3. The molecular weight excluding hydrogens is 435 g/mol. The van der Waals surface area contributed by atoms with Gasteiger partial charge >= 0.3 is 6.36 Å².